The monoisotopic (exact) mass is 238 g/mol. The summed E-state index contributed by atoms with van der Waals surface area (Å²) in [5.41, 5.74) is -0.757. The molecule has 0 aliphatic heterocycles. The Morgan fingerprint density at radius 3 is 2.67 bits per heavy atom. The zero-order chi connectivity index (χ0) is 11.6. The van der Waals surface area contributed by atoms with Gasteiger partial charge in [0.05, 0.1) is 12.1 Å². The van der Waals surface area contributed by atoms with E-state index >= 15 is 0 Å². The van der Waals surface area contributed by atoms with Crippen LogP contribution in [0.2, 0.25) is 5.02 Å². The molecule has 8 heteroatoms. The zero-order valence-electron chi connectivity index (χ0n) is 7.41. The van der Waals surface area contributed by atoms with Crippen LogP contribution in [0.4, 0.5) is 14.6 Å². The van der Waals surface area contributed by atoms with Gasteiger partial charge in [0.25, 0.3) is 0 Å². The smallest absolute Gasteiger partial charge is 0.408 e. The molecule has 1 aromatic heterocycles. The standard InChI is InChI=1S/C7H5ClF2N2O3/c1-15-5-3(8)2-4(6(9)10)11-7(5)12(13)14/h2,6H,1H3. The molecule has 0 atom stereocenters. The van der Waals surface area contributed by atoms with Crippen molar-refractivity contribution in [3.05, 3.63) is 26.9 Å². The van der Waals surface area contributed by atoms with Crippen LogP contribution < -0.4 is 4.74 Å². The molecule has 0 aliphatic rings. The summed E-state index contributed by atoms with van der Waals surface area (Å²) in [6.07, 6.45) is -2.92. The van der Waals surface area contributed by atoms with Gasteiger partial charge in [-0.1, -0.05) is 11.6 Å². The van der Waals surface area contributed by atoms with Crippen LogP contribution in [-0.4, -0.2) is 17.0 Å². The van der Waals surface area contributed by atoms with Gasteiger partial charge in [-0.3, -0.25) is 0 Å². The summed E-state index contributed by atoms with van der Waals surface area (Å²) in [5, 5.41) is 10.2. The van der Waals surface area contributed by atoms with Crippen molar-refractivity contribution in [3.8, 4) is 5.75 Å². The molecule has 0 N–H and O–H groups in total. The molecular formula is C7H5ClF2N2O3. The second kappa shape index (κ2) is 4.35. The average Bonchev–Trinajstić information content (AvgIpc) is 2.16. The third-order valence-electron chi connectivity index (χ3n) is 1.53. The first-order valence-corrected chi connectivity index (χ1v) is 4.02. The number of nitrogens with zero attached hydrogens (tertiary/aromatic N) is 2. The third kappa shape index (κ3) is 2.30. The lowest BCUT2D eigenvalue weighted by Gasteiger charge is -2.04. The second-order valence-electron chi connectivity index (χ2n) is 2.44. The van der Waals surface area contributed by atoms with Gasteiger partial charge in [-0.2, -0.15) is 0 Å². The van der Waals surface area contributed by atoms with Crippen molar-refractivity contribution < 1.29 is 18.4 Å². The zero-order valence-corrected chi connectivity index (χ0v) is 8.16. The van der Waals surface area contributed by atoms with Gasteiger partial charge in [0.15, 0.2) is 0 Å². The van der Waals surface area contributed by atoms with Crippen LogP contribution >= 0.6 is 11.6 Å². The van der Waals surface area contributed by atoms with Gasteiger partial charge in [0.1, 0.15) is 0 Å². The van der Waals surface area contributed by atoms with E-state index in [4.69, 9.17) is 11.6 Å². The van der Waals surface area contributed by atoms with E-state index in [0.717, 1.165) is 13.2 Å². The summed E-state index contributed by atoms with van der Waals surface area (Å²) in [7, 11) is 1.14. The number of pyridine rings is 1. The van der Waals surface area contributed by atoms with Gasteiger partial charge in [0.2, 0.25) is 11.4 Å². The molecule has 0 spiro atoms. The molecule has 0 fully saturated rings. The molecule has 0 bridgehead atoms. The van der Waals surface area contributed by atoms with E-state index in [2.05, 4.69) is 9.72 Å². The molecule has 1 heterocycles. The van der Waals surface area contributed by atoms with Gasteiger partial charge in [-0.25, -0.2) is 8.78 Å². The topological polar surface area (TPSA) is 65.3 Å². The Morgan fingerprint density at radius 1 is 1.67 bits per heavy atom. The van der Waals surface area contributed by atoms with E-state index in [0.29, 0.717) is 0 Å². The summed E-state index contributed by atoms with van der Waals surface area (Å²) in [4.78, 5) is 12.7. The molecule has 5 nitrogen and oxygen atoms in total. The highest BCUT2D eigenvalue weighted by molar-refractivity contribution is 6.32. The molecule has 1 rings (SSSR count). The molecule has 15 heavy (non-hydrogen) atoms. The molecule has 0 saturated carbocycles. The maximum absolute atomic E-state index is 12.2. The highest BCUT2D eigenvalue weighted by atomic mass is 35.5. The normalized spacial score (nSPS) is 10.5. The minimum Gasteiger partial charge on any atom is -0.488 e. The van der Waals surface area contributed by atoms with Crippen molar-refractivity contribution >= 4 is 17.4 Å². The Kier molecular flexibility index (Phi) is 3.35. The first-order chi connectivity index (χ1) is 6.97. The number of ether oxygens (including phenoxy) is 1. The summed E-state index contributed by atoms with van der Waals surface area (Å²) in [5.74, 6) is -1.15. The lowest BCUT2D eigenvalue weighted by molar-refractivity contribution is -0.390. The van der Waals surface area contributed by atoms with Gasteiger partial charge in [-0.05, 0) is 9.91 Å². The van der Waals surface area contributed by atoms with Crippen LogP contribution in [0.1, 0.15) is 12.1 Å². The Labute approximate surface area is 87.8 Å². The van der Waals surface area contributed by atoms with Crippen LogP contribution in [0, 0.1) is 10.1 Å². The van der Waals surface area contributed by atoms with E-state index in [9.17, 15) is 18.9 Å². The number of rotatable bonds is 3. The molecule has 1 aromatic rings. The SMILES string of the molecule is COc1c(Cl)cc(C(F)F)nc1[N+](=O)[O-]. The summed E-state index contributed by atoms with van der Waals surface area (Å²) < 4.78 is 29.1. The number of hydrogen-bond acceptors (Lipinski definition) is 4. The lowest BCUT2D eigenvalue weighted by atomic mass is 10.3. The first-order valence-electron chi connectivity index (χ1n) is 3.64. The first kappa shape index (κ1) is 11.6. The molecule has 0 aromatic carbocycles. The fraction of sp³-hybridized carbons (Fsp3) is 0.286. The summed E-state index contributed by atoms with van der Waals surface area (Å²) in [6.45, 7) is 0. The molecule has 0 aliphatic carbocycles. The number of halogens is 3. The maximum atomic E-state index is 12.2. The average molecular weight is 239 g/mol. The van der Waals surface area contributed by atoms with Crippen LogP contribution in [0.15, 0.2) is 6.07 Å². The Hall–Kier alpha value is -1.50. The fourth-order valence-electron chi connectivity index (χ4n) is 0.932. The molecule has 0 amide bonds. The predicted molar refractivity (Wildman–Crippen MR) is 47.4 cm³/mol. The maximum Gasteiger partial charge on any atom is 0.408 e. The summed E-state index contributed by atoms with van der Waals surface area (Å²) >= 11 is 5.52. The number of aromatic nitrogens is 1. The van der Waals surface area contributed by atoms with Gasteiger partial charge >= 0.3 is 12.2 Å². The Morgan fingerprint density at radius 2 is 2.27 bits per heavy atom. The van der Waals surface area contributed by atoms with Crippen LogP contribution in [0.3, 0.4) is 0 Å². The van der Waals surface area contributed by atoms with Gasteiger partial charge in [0, 0.05) is 6.07 Å². The highest BCUT2D eigenvalue weighted by Gasteiger charge is 2.26. The van der Waals surface area contributed by atoms with Gasteiger partial charge in [-0.15, -0.1) is 0 Å². The minimum absolute atomic E-state index is 0.269. The molecular weight excluding hydrogens is 234 g/mol. The molecule has 0 unspecified atom stereocenters. The Balaban J connectivity index is 3.38. The highest BCUT2D eigenvalue weighted by Crippen LogP contribution is 2.35. The van der Waals surface area contributed by atoms with Crippen molar-refractivity contribution in [2.45, 2.75) is 6.43 Å². The van der Waals surface area contributed by atoms with Crippen molar-refractivity contribution in [1.82, 2.24) is 4.98 Å². The van der Waals surface area contributed by atoms with Crippen molar-refractivity contribution in [2.24, 2.45) is 0 Å². The van der Waals surface area contributed by atoms with Crippen LogP contribution in [0.5, 0.6) is 5.75 Å². The largest absolute Gasteiger partial charge is 0.488 e. The van der Waals surface area contributed by atoms with E-state index in [1.807, 2.05) is 0 Å². The number of alkyl halides is 2. The molecule has 0 saturated heterocycles. The predicted octanol–water partition coefficient (Wildman–Crippen LogP) is 2.59. The lowest BCUT2D eigenvalue weighted by Crippen LogP contribution is -2.01. The number of methoxy groups -OCH3 is 1. The van der Waals surface area contributed by atoms with Crippen molar-refractivity contribution in [1.29, 1.82) is 0 Å². The fourth-order valence-corrected chi connectivity index (χ4v) is 1.21. The van der Waals surface area contributed by atoms with E-state index in [1.165, 1.54) is 0 Å². The molecule has 0 radical (unpaired) electrons. The number of hydrogen-bond donors (Lipinski definition) is 0. The van der Waals surface area contributed by atoms with E-state index < -0.39 is 22.9 Å². The minimum atomic E-state index is -2.92. The van der Waals surface area contributed by atoms with Crippen LogP contribution in [0.25, 0.3) is 0 Å². The van der Waals surface area contributed by atoms with Crippen LogP contribution in [-0.2, 0) is 0 Å². The van der Waals surface area contributed by atoms with Gasteiger partial charge < -0.3 is 14.9 Å². The number of nitro groups is 1. The second-order valence-corrected chi connectivity index (χ2v) is 2.85. The molecule has 82 valence electrons. The van der Waals surface area contributed by atoms with Crippen molar-refractivity contribution in [2.75, 3.05) is 7.11 Å². The van der Waals surface area contributed by atoms with Crippen molar-refractivity contribution in [3.63, 3.8) is 0 Å². The van der Waals surface area contributed by atoms with E-state index in [1.54, 1.807) is 0 Å². The van der Waals surface area contributed by atoms with E-state index in [-0.39, 0.29) is 10.8 Å². The quantitative estimate of drug-likeness (QED) is 0.600. The Bertz CT molecular complexity index is 400. The summed E-state index contributed by atoms with van der Waals surface area (Å²) in [6, 6.07) is 0.831. The third-order valence-corrected chi connectivity index (χ3v) is 1.81.